The van der Waals surface area contributed by atoms with Gasteiger partial charge in [-0.05, 0) is 28.1 Å². The number of ether oxygens (including phenoxy) is 2. The second-order valence-corrected chi connectivity index (χ2v) is 4.40. The topological polar surface area (TPSA) is 74.4 Å². The number of hydrogen-bond acceptors (Lipinski definition) is 4. The van der Waals surface area contributed by atoms with Gasteiger partial charge < -0.3 is 15.2 Å². The molecule has 0 unspecified atom stereocenters. The molecular formula is C10H11BrN2O3. The van der Waals surface area contributed by atoms with Crippen molar-refractivity contribution in [1.29, 1.82) is 0 Å². The van der Waals surface area contributed by atoms with Gasteiger partial charge in [-0.3, -0.25) is 0 Å². The van der Waals surface area contributed by atoms with E-state index in [4.69, 9.17) is 15.2 Å². The van der Waals surface area contributed by atoms with Crippen molar-refractivity contribution in [3.8, 4) is 5.75 Å². The molecule has 0 atom stereocenters. The molecule has 2 rings (SSSR count). The van der Waals surface area contributed by atoms with Crippen LogP contribution in [-0.2, 0) is 4.74 Å². The summed E-state index contributed by atoms with van der Waals surface area (Å²) in [6.07, 6.45) is 2.25. The zero-order valence-corrected chi connectivity index (χ0v) is 10.0. The fourth-order valence-electron chi connectivity index (χ4n) is 1.50. The van der Waals surface area contributed by atoms with Crippen LogP contribution in [0.5, 0.6) is 5.75 Å². The lowest BCUT2D eigenvalue weighted by atomic mass is 9.92. The van der Waals surface area contributed by atoms with Crippen LogP contribution in [-0.4, -0.2) is 23.3 Å². The van der Waals surface area contributed by atoms with Crippen LogP contribution in [0.25, 0.3) is 0 Å². The Bertz CT molecular complexity index is 376. The molecule has 1 saturated carbocycles. The third kappa shape index (κ3) is 2.85. The van der Waals surface area contributed by atoms with Gasteiger partial charge in [-0.25, -0.2) is 9.78 Å². The minimum Gasteiger partial charge on any atom is -0.489 e. The van der Waals surface area contributed by atoms with E-state index >= 15 is 0 Å². The largest absolute Gasteiger partial charge is 0.489 e. The molecular weight excluding hydrogens is 276 g/mol. The molecule has 0 radical (unpaired) electrons. The van der Waals surface area contributed by atoms with Crippen LogP contribution in [0.15, 0.2) is 22.9 Å². The quantitative estimate of drug-likeness (QED) is 0.861. The third-order valence-electron chi connectivity index (χ3n) is 2.34. The fraction of sp³-hybridized carbons (Fsp3) is 0.400. The van der Waals surface area contributed by atoms with Crippen LogP contribution in [0.3, 0.4) is 0 Å². The smallest absolute Gasteiger partial charge is 0.404 e. The van der Waals surface area contributed by atoms with E-state index in [1.165, 1.54) is 0 Å². The van der Waals surface area contributed by atoms with Gasteiger partial charge in [0.2, 0.25) is 0 Å². The monoisotopic (exact) mass is 286 g/mol. The highest BCUT2D eigenvalue weighted by atomic mass is 79.9. The molecule has 1 aromatic rings. The highest BCUT2D eigenvalue weighted by Crippen LogP contribution is 2.28. The van der Waals surface area contributed by atoms with E-state index in [0.717, 1.165) is 4.60 Å². The number of nitrogens with two attached hydrogens (primary N) is 1. The first-order valence-electron chi connectivity index (χ1n) is 4.88. The first kappa shape index (κ1) is 11.2. The van der Waals surface area contributed by atoms with Crippen LogP contribution in [0.1, 0.15) is 12.8 Å². The van der Waals surface area contributed by atoms with Gasteiger partial charge in [0.1, 0.15) is 22.6 Å². The molecule has 1 aliphatic carbocycles. The molecule has 0 aromatic carbocycles. The van der Waals surface area contributed by atoms with Gasteiger partial charge in [0, 0.05) is 12.8 Å². The summed E-state index contributed by atoms with van der Waals surface area (Å²) >= 11 is 3.24. The highest BCUT2D eigenvalue weighted by molar-refractivity contribution is 9.10. The lowest BCUT2D eigenvalue weighted by Crippen LogP contribution is -2.41. The first-order chi connectivity index (χ1) is 7.63. The molecule has 0 spiro atoms. The van der Waals surface area contributed by atoms with Crippen molar-refractivity contribution in [3.05, 3.63) is 22.9 Å². The number of carbonyl (C=O) groups excluding carboxylic acids is 1. The molecule has 0 saturated heterocycles. The summed E-state index contributed by atoms with van der Waals surface area (Å²) in [6, 6.07) is 3.64. The highest BCUT2D eigenvalue weighted by Gasteiger charge is 2.33. The summed E-state index contributed by atoms with van der Waals surface area (Å²) in [4.78, 5) is 14.5. The molecule has 1 aliphatic rings. The van der Waals surface area contributed by atoms with Gasteiger partial charge in [0.15, 0.2) is 0 Å². The Hall–Kier alpha value is -1.30. The molecule has 1 fully saturated rings. The molecule has 1 aromatic heterocycles. The Labute approximate surface area is 101 Å². The maximum absolute atomic E-state index is 10.4. The molecule has 2 N–H and O–H groups in total. The van der Waals surface area contributed by atoms with Crippen molar-refractivity contribution in [2.24, 2.45) is 5.73 Å². The molecule has 1 amide bonds. The third-order valence-corrected chi connectivity index (χ3v) is 2.81. The van der Waals surface area contributed by atoms with Gasteiger partial charge in [0.05, 0.1) is 6.20 Å². The van der Waals surface area contributed by atoms with E-state index in [9.17, 15) is 4.79 Å². The molecule has 0 aliphatic heterocycles. The molecule has 5 nitrogen and oxygen atoms in total. The Morgan fingerprint density at radius 3 is 2.75 bits per heavy atom. The van der Waals surface area contributed by atoms with Gasteiger partial charge in [0.25, 0.3) is 0 Å². The Morgan fingerprint density at radius 2 is 2.19 bits per heavy atom. The minimum atomic E-state index is -0.728. The van der Waals surface area contributed by atoms with E-state index in [2.05, 4.69) is 20.9 Å². The lowest BCUT2D eigenvalue weighted by Gasteiger charge is -2.33. The van der Waals surface area contributed by atoms with Crippen LogP contribution < -0.4 is 10.5 Å². The van der Waals surface area contributed by atoms with E-state index in [-0.39, 0.29) is 12.2 Å². The zero-order valence-electron chi connectivity index (χ0n) is 8.43. The van der Waals surface area contributed by atoms with E-state index in [1.54, 1.807) is 6.20 Å². The number of amides is 1. The summed E-state index contributed by atoms with van der Waals surface area (Å²) < 4.78 is 11.2. The number of hydrogen-bond donors (Lipinski definition) is 1. The summed E-state index contributed by atoms with van der Waals surface area (Å²) in [6.45, 7) is 0. The number of pyridine rings is 1. The van der Waals surface area contributed by atoms with Crippen molar-refractivity contribution in [3.63, 3.8) is 0 Å². The molecule has 1 heterocycles. The maximum Gasteiger partial charge on any atom is 0.404 e. The van der Waals surface area contributed by atoms with Crippen LogP contribution in [0.2, 0.25) is 0 Å². The van der Waals surface area contributed by atoms with Crippen LogP contribution in [0.4, 0.5) is 4.79 Å². The van der Waals surface area contributed by atoms with Gasteiger partial charge >= 0.3 is 6.09 Å². The van der Waals surface area contributed by atoms with E-state index < -0.39 is 6.09 Å². The summed E-state index contributed by atoms with van der Waals surface area (Å²) in [5, 5.41) is 0. The predicted octanol–water partition coefficient (Wildman–Crippen LogP) is 1.85. The number of rotatable bonds is 3. The zero-order chi connectivity index (χ0) is 11.5. The second-order valence-electron chi connectivity index (χ2n) is 3.59. The van der Waals surface area contributed by atoms with Crippen molar-refractivity contribution < 1.29 is 14.3 Å². The van der Waals surface area contributed by atoms with Crippen molar-refractivity contribution >= 4 is 22.0 Å². The average molecular weight is 287 g/mol. The van der Waals surface area contributed by atoms with Crippen molar-refractivity contribution in [1.82, 2.24) is 4.98 Å². The standard InChI is InChI=1S/C10H11BrN2O3/c11-9-2-1-6(5-13-9)15-7-3-8(4-7)16-10(12)14/h1-2,5,7-8H,3-4H2,(H2,12,14)/t7-,8-. The number of aromatic nitrogens is 1. The Kier molecular flexibility index (Phi) is 3.28. The van der Waals surface area contributed by atoms with Gasteiger partial charge in [-0.1, -0.05) is 0 Å². The van der Waals surface area contributed by atoms with Crippen molar-refractivity contribution in [2.45, 2.75) is 25.0 Å². The maximum atomic E-state index is 10.4. The first-order valence-corrected chi connectivity index (χ1v) is 5.67. The SMILES string of the molecule is NC(=O)O[C@H]1C[C@H](Oc2ccc(Br)nc2)C1. The number of carbonyl (C=O) groups is 1. The molecule has 0 bridgehead atoms. The molecule has 16 heavy (non-hydrogen) atoms. The van der Waals surface area contributed by atoms with E-state index in [0.29, 0.717) is 18.6 Å². The fourth-order valence-corrected chi connectivity index (χ4v) is 1.73. The average Bonchev–Trinajstić information content (AvgIpc) is 2.17. The van der Waals surface area contributed by atoms with E-state index in [1.807, 2.05) is 12.1 Å². The summed E-state index contributed by atoms with van der Waals surface area (Å²) in [7, 11) is 0. The van der Waals surface area contributed by atoms with Gasteiger partial charge in [-0.2, -0.15) is 0 Å². The number of halogens is 1. The minimum absolute atomic E-state index is 0.0762. The van der Waals surface area contributed by atoms with Gasteiger partial charge in [-0.15, -0.1) is 0 Å². The molecule has 86 valence electrons. The molecule has 6 heteroatoms. The van der Waals surface area contributed by atoms with Crippen LogP contribution >= 0.6 is 15.9 Å². The lowest BCUT2D eigenvalue weighted by molar-refractivity contribution is -0.0198. The Balaban J connectivity index is 1.77. The van der Waals surface area contributed by atoms with Crippen molar-refractivity contribution in [2.75, 3.05) is 0 Å². The number of primary amides is 1. The normalized spacial score (nSPS) is 23.3. The predicted molar refractivity (Wildman–Crippen MR) is 60.0 cm³/mol. The second kappa shape index (κ2) is 4.69. The van der Waals surface area contributed by atoms with Crippen LogP contribution in [0, 0.1) is 0 Å². The Morgan fingerprint density at radius 1 is 1.44 bits per heavy atom. The number of nitrogens with zero attached hydrogens (tertiary/aromatic N) is 1. The summed E-state index contributed by atoms with van der Waals surface area (Å²) in [5.41, 5.74) is 4.90. The summed E-state index contributed by atoms with van der Waals surface area (Å²) in [5.74, 6) is 0.714.